The molecule has 7 heteroatoms. The van der Waals surface area contributed by atoms with Gasteiger partial charge < -0.3 is 14.8 Å². The molecule has 128 valence electrons. The molecule has 6 nitrogen and oxygen atoms in total. The van der Waals surface area contributed by atoms with Crippen LogP contribution < -0.4 is 5.32 Å². The van der Waals surface area contributed by atoms with Crippen molar-refractivity contribution in [2.75, 3.05) is 13.2 Å². The fourth-order valence-electron chi connectivity index (χ4n) is 2.68. The number of benzene rings is 1. The molecule has 0 radical (unpaired) electrons. The Bertz CT molecular complexity index is 662. The van der Waals surface area contributed by atoms with E-state index in [0.717, 1.165) is 29.2 Å². The molecule has 1 aliphatic heterocycles. The lowest BCUT2D eigenvalue weighted by molar-refractivity contribution is -0.0605. The van der Waals surface area contributed by atoms with Gasteiger partial charge in [-0.05, 0) is 29.9 Å². The Morgan fingerprint density at radius 2 is 2.25 bits per heavy atom. The number of nitrogens with zero attached hydrogens (tertiary/aromatic N) is 2. The average molecular weight is 347 g/mol. The summed E-state index contributed by atoms with van der Waals surface area (Å²) < 4.78 is 15.4. The molecule has 0 unspecified atom stereocenters. The van der Waals surface area contributed by atoms with Crippen molar-refractivity contribution >= 4 is 17.4 Å². The van der Waals surface area contributed by atoms with E-state index in [2.05, 4.69) is 14.9 Å². The molecular formula is C17H21N3O3S. The van der Waals surface area contributed by atoms with Gasteiger partial charge in [0.2, 0.25) is 0 Å². The highest BCUT2D eigenvalue weighted by Gasteiger charge is 2.29. The minimum Gasteiger partial charge on any atom is -0.379 e. The van der Waals surface area contributed by atoms with Gasteiger partial charge in [0.15, 0.2) is 0 Å². The number of rotatable bonds is 6. The SMILES string of the molecule is CCc1nnsc1C(=O)N[C@@H]1COCC[C@@H]1OCc1ccccc1. The van der Waals surface area contributed by atoms with Crippen LogP contribution in [0.25, 0.3) is 0 Å². The molecule has 1 aromatic heterocycles. The normalized spacial score (nSPS) is 20.7. The molecular weight excluding hydrogens is 326 g/mol. The van der Waals surface area contributed by atoms with E-state index in [1.807, 2.05) is 37.3 Å². The number of amides is 1. The van der Waals surface area contributed by atoms with E-state index < -0.39 is 0 Å². The second-order valence-corrected chi connectivity index (χ2v) is 6.44. The number of carbonyl (C=O) groups is 1. The van der Waals surface area contributed by atoms with Crippen LogP contribution in [0.4, 0.5) is 0 Å². The second kappa shape index (κ2) is 8.32. The van der Waals surface area contributed by atoms with E-state index in [1.54, 1.807) is 0 Å². The van der Waals surface area contributed by atoms with Gasteiger partial charge in [0.1, 0.15) is 4.88 Å². The van der Waals surface area contributed by atoms with Crippen LogP contribution in [0.15, 0.2) is 30.3 Å². The minimum absolute atomic E-state index is 0.0612. The van der Waals surface area contributed by atoms with E-state index in [0.29, 0.717) is 31.1 Å². The monoisotopic (exact) mass is 347 g/mol. The highest BCUT2D eigenvalue weighted by Crippen LogP contribution is 2.17. The van der Waals surface area contributed by atoms with E-state index in [4.69, 9.17) is 9.47 Å². The number of ether oxygens (including phenoxy) is 2. The highest BCUT2D eigenvalue weighted by molar-refractivity contribution is 7.08. The fourth-order valence-corrected chi connectivity index (χ4v) is 3.33. The topological polar surface area (TPSA) is 73.3 Å². The molecule has 3 rings (SSSR count). The molecule has 1 fully saturated rings. The molecule has 2 atom stereocenters. The minimum atomic E-state index is -0.165. The molecule has 0 bridgehead atoms. The Labute approximate surface area is 145 Å². The first-order valence-electron chi connectivity index (χ1n) is 8.13. The zero-order valence-electron chi connectivity index (χ0n) is 13.6. The first-order chi connectivity index (χ1) is 11.8. The largest absolute Gasteiger partial charge is 0.379 e. The standard InChI is InChI=1S/C17H21N3O3S/c1-2-13-16(24-20-19-13)17(21)18-14-11-22-9-8-15(14)23-10-12-6-4-3-5-7-12/h3-7,14-15H,2,8-11H2,1H3,(H,18,21)/t14-,15+/m1/s1. The number of hydrogen-bond donors (Lipinski definition) is 1. The van der Waals surface area contributed by atoms with Crippen LogP contribution >= 0.6 is 11.5 Å². The quantitative estimate of drug-likeness (QED) is 0.867. The fraction of sp³-hybridized carbons (Fsp3) is 0.471. The molecule has 1 N–H and O–H groups in total. The molecule has 2 aromatic rings. The van der Waals surface area contributed by atoms with Crippen LogP contribution in [-0.4, -0.2) is 40.9 Å². The summed E-state index contributed by atoms with van der Waals surface area (Å²) in [6, 6.07) is 9.86. The predicted molar refractivity (Wildman–Crippen MR) is 91.0 cm³/mol. The van der Waals surface area contributed by atoms with Crippen LogP contribution in [0.3, 0.4) is 0 Å². The van der Waals surface area contributed by atoms with Gasteiger partial charge in [-0.1, -0.05) is 41.7 Å². The molecule has 1 saturated heterocycles. The van der Waals surface area contributed by atoms with Crippen molar-refractivity contribution in [3.8, 4) is 0 Å². The second-order valence-electron chi connectivity index (χ2n) is 5.68. The van der Waals surface area contributed by atoms with E-state index in [9.17, 15) is 4.79 Å². The van der Waals surface area contributed by atoms with Gasteiger partial charge in [0, 0.05) is 6.61 Å². The lowest BCUT2D eigenvalue weighted by Gasteiger charge is -2.32. The molecule has 1 aliphatic rings. The van der Waals surface area contributed by atoms with Crippen LogP contribution in [0.5, 0.6) is 0 Å². The zero-order chi connectivity index (χ0) is 16.8. The van der Waals surface area contributed by atoms with Crippen molar-refractivity contribution < 1.29 is 14.3 Å². The van der Waals surface area contributed by atoms with Gasteiger partial charge in [-0.2, -0.15) is 0 Å². The first kappa shape index (κ1) is 17.0. The summed E-state index contributed by atoms with van der Waals surface area (Å²) in [7, 11) is 0. The van der Waals surface area contributed by atoms with Gasteiger partial charge in [0.25, 0.3) is 5.91 Å². The van der Waals surface area contributed by atoms with Crippen molar-refractivity contribution in [3.05, 3.63) is 46.5 Å². The molecule has 1 amide bonds. The molecule has 1 aromatic carbocycles. The summed E-state index contributed by atoms with van der Waals surface area (Å²) >= 11 is 1.13. The van der Waals surface area contributed by atoms with Crippen molar-refractivity contribution in [2.24, 2.45) is 0 Å². The molecule has 0 spiro atoms. The number of aromatic nitrogens is 2. The van der Waals surface area contributed by atoms with Gasteiger partial charge in [0.05, 0.1) is 31.1 Å². The summed E-state index contributed by atoms with van der Waals surface area (Å²) in [4.78, 5) is 13.1. The molecule has 2 heterocycles. The van der Waals surface area contributed by atoms with Crippen molar-refractivity contribution in [1.29, 1.82) is 0 Å². The van der Waals surface area contributed by atoms with E-state index >= 15 is 0 Å². The third-order valence-corrected chi connectivity index (χ3v) is 4.78. The van der Waals surface area contributed by atoms with Gasteiger partial charge in [-0.25, -0.2) is 0 Å². The predicted octanol–water partition coefficient (Wildman–Crippen LogP) is 2.20. The van der Waals surface area contributed by atoms with Gasteiger partial charge in [-0.15, -0.1) is 5.10 Å². The summed E-state index contributed by atoms with van der Waals surface area (Å²) in [6.07, 6.45) is 1.39. The molecule has 24 heavy (non-hydrogen) atoms. The summed E-state index contributed by atoms with van der Waals surface area (Å²) in [6.45, 7) is 3.59. The Hall–Kier alpha value is -1.83. The maximum Gasteiger partial charge on any atom is 0.265 e. The average Bonchev–Trinajstić information content (AvgIpc) is 3.11. The Morgan fingerprint density at radius 1 is 1.42 bits per heavy atom. The first-order valence-corrected chi connectivity index (χ1v) is 8.90. The zero-order valence-corrected chi connectivity index (χ0v) is 14.4. The van der Waals surface area contributed by atoms with Crippen molar-refractivity contribution in [3.63, 3.8) is 0 Å². The lowest BCUT2D eigenvalue weighted by Crippen LogP contribution is -2.50. The lowest BCUT2D eigenvalue weighted by atomic mass is 10.1. The summed E-state index contributed by atoms with van der Waals surface area (Å²) in [5.41, 5.74) is 1.85. The number of carbonyl (C=O) groups excluding carboxylic acids is 1. The maximum atomic E-state index is 12.5. The number of hydrogen-bond acceptors (Lipinski definition) is 6. The van der Waals surface area contributed by atoms with E-state index in [-0.39, 0.29) is 18.1 Å². The Morgan fingerprint density at radius 3 is 3.04 bits per heavy atom. The molecule has 0 saturated carbocycles. The molecule has 0 aliphatic carbocycles. The van der Waals surface area contributed by atoms with Crippen LogP contribution in [-0.2, 0) is 22.5 Å². The summed E-state index contributed by atoms with van der Waals surface area (Å²) in [5, 5.41) is 7.01. The van der Waals surface area contributed by atoms with E-state index in [1.165, 1.54) is 0 Å². The van der Waals surface area contributed by atoms with Crippen LogP contribution in [0.1, 0.15) is 34.3 Å². The smallest absolute Gasteiger partial charge is 0.265 e. The number of aryl methyl sites for hydroxylation is 1. The summed E-state index contributed by atoms with van der Waals surface area (Å²) in [5.74, 6) is -0.148. The Balaban J connectivity index is 1.61. The van der Waals surface area contributed by atoms with Crippen molar-refractivity contribution in [2.45, 2.75) is 38.5 Å². The van der Waals surface area contributed by atoms with Gasteiger partial charge >= 0.3 is 0 Å². The van der Waals surface area contributed by atoms with Gasteiger partial charge in [-0.3, -0.25) is 4.79 Å². The number of nitrogens with one attached hydrogen (secondary N) is 1. The highest BCUT2D eigenvalue weighted by atomic mass is 32.1. The third-order valence-electron chi connectivity index (χ3n) is 4.01. The third kappa shape index (κ3) is 4.17. The van der Waals surface area contributed by atoms with Crippen LogP contribution in [0.2, 0.25) is 0 Å². The van der Waals surface area contributed by atoms with Crippen LogP contribution in [0, 0.1) is 0 Å². The maximum absolute atomic E-state index is 12.5. The van der Waals surface area contributed by atoms with Crippen molar-refractivity contribution in [1.82, 2.24) is 14.9 Å². The Kier molecular flexibility index (Phi) is 5.90.